The molecule has 198 valence electrons. The number of fused-ring (bicyclic) bond motifs is 1. The van der Waals surface area contributed by atoms with Crippen LogP contribution in [0.3, 0.4) is 0 Å². The minimum Gasteiger partial charge on any atom is -0.444 e. The zero-order valence-electron chi connectivity index (χ0n) is 22.0. The molecule has 0 atom stereocenters. The van der Waals surface area contributed by atoms with E-state index in [0.717, 1.165) is 40.6 Å². The van der Waals surface area contributed by atoms with Crippen LogP contribution in [0.5, 0.6) is 0 Å². The molecular formula is C28H31N5O4S. The van der Waals surface area contributed by atoms with Crippen LogP contribution in [0.25, 0.3) is 33.4 Å². The number of likely N-dealkylation sites (tertiary alicyclic amines) is 1. The van der Waals surface area contributed by atoms with Crippen molar-refractivity contribution in [2.75, 3.05) is 19.3 Å². The molecular weight excluding hydrogens is 502 g/mol. The van der Waals surface area contributed by atoms with E-state index in [2.05, 4.69) is 10.1 Å². The number of piperidine rings is 1. The number of sulfone groups is 1. The fourth-order valence-corrected chi connectivity index (χ4v) is 5.23. The minimum atomic E-state index is -3.27. The van der Waals surface area contributed by atoms with Gasteiger partial charge in [-0.25, -0.2) is 18.2 Å². The largest absolute Gasteiger partial charge is 0.444 e. The third-order valence-electron chi connectivity index (χ3n) is 6.55. The van der Waals surface area contributed by atoms with E-state index in [1.165, 1.54) is 6.26 Å². The number of rotatable bonds is 4. The Bertz CT molecular complexity index is 1580. The second-order valence-electron chi connectivity index (χ2n) is 10.6. The van der Waals surface area contributed by atoms with Gasteiger partial charge in [0.05, 0.1) is 40.1 Å². The Morgan fingerprint density at radius 1 is 1.00 bits per heavy atom. The van der Waals surface area contributed by atoms with Crippen molar-refractivity contribution in [3.8, 4) is 22.4 Å². The van der Waals surface area contributed by atoms with Crippen molar-refractivity contribution in [1.82, 2.24) is 24.6 Å². The summed E-state index contributed by atoms with van der Waals surface area (Å²) in [5.41, 5.74) is 4.27. The van der Waals surface area contributed by atoms with E-state index in [-0.39, 0.29) is 17.0 Å². The summed E-state index contributed by atoms with van der Waals surface area (Å²) in [4.78, 5) is 24.0. The number of carbonyl (C=O) groups is 1. The zero-order chi connectivity index (χ0) is 27.1. The first-order chi connectivity index (χ1) is 18.0. The van der Waals surface area contributed by atoms with Gasteiger partial charge in [-0.1, -0.05) is 24.3 Å². The third kappa shape index (κ3) is 5.55. The summed E-state index contributed by atoms with van der Waals surface area (Å²) in [5, 5.41) is 4.60. The van der Waals surface area contributed by atoms with Crippen molar-refractivity contribution in [1.29, 1.82) is 0 Å². The first-order valence-corrected chi connectivity index (χ1v) is 14.5. The molecule has 0 unspecified atom stereocenters. The molecule has 1 aliphatic rings. The number of hydrogen-bond acceptors (Lipinski definition) is 7. The second-order valence-corrected chi connectivity index (χ2v) is 12.6. The summed E-state index contributed by atoms with van der Waals surface area (Å²) in [6.45, 7) is 6.85. The summed E-state index contributed by atoms with van der Waals surface area (Å²) >= 11 is 0. The van der Waals surface area contributed by atoms with Crippen molar-refractivity contribution < 1.29 is 17.9 Å². The number of ether oxygens (including phenoxy) is 1. The molecule has 0 saturated carbocycles. The van der Waals surface area contributed by atoms with Gasteiger partial charge >= 0.3 is 6.09 Å². The Morgan fingerprint density at radius 3 is 2.37 bits per heavy atom. The monoisotopic (exact) mass is 533 g/mol. The highest BCUT2D eigenvalue weighted by Crippen LogP contribution is 2.30. The van der Waals surface area contributed by atoms with Crippen LogP contribution in [0.1, 0.15) is 39.7 Å². The van der Waals surface area contributed by atoms with E-state index in [1.54, 1.807) is 41.6 Å². The van der Waals surface area contributed by atoms with Gasteiger partial charge in [-0.2, -0.15) is 5.10 Å². The summed E-state index contributed by atoms with van der Waals surface area (Å²) in [5.74, 6) is 0. The van der Waals surface area contributed by atoms with E-state index in [0.29, 0.717) is 18.8 Å². The van der Waals surface area contributed by atoms with Crippen LogP contribution in [0.4, 0.5) is 4.79 Å². The molecule has 1 fully saturated rings. The van der Waals surface area contributed by atoms with Gasteiger partial charge in [0.1, 0.15) is 5.60 Å². The number of para-hydroxylation sites is 1. The maximum Gasteiger partial charge on any atom is 0.410 e. The Balaban J connectivity index is 1.36. The van der Waals surface area contributed by atoms with Gasteiger partial charge < -0.3 is 9.64 Å². The molecule has 0 N–H and O–H groups in total. The van der Waals surface area contributed by atoms with Gasteiger partial charge in [-0.3, -0.25) is 9.67 Å². The number of carbonyl (C=O) groups excluding carboxylic acids is 1. The average molecular weight is 534 g/mol. The molecule has 2 aromatic heterocycles. The number of benzene rings is 2. The van der Waals surface area contributed by atoms with Gasteiger partial charge in [0, 0.05) is 36.7 Å². The highest BCUT2D eigenvalue weighted by Gasteiger charge is 2.28. The molecule has 0 bridgehead atoms. The molecule has 10 heteroatoms. The third-order valence-corrected chi connectivity index (χ3v) is 7.68. The second kappa shape index (κ2) is 9.83. The lowest BCUT2D eigenvalue weighted by Crippen LogP contribution is -2.42. The van der Waals surface area contributed by atoms with E-state index >= 15 is 0 Å². The molecule has 3 heterocycles. The predicted octanol–water partition coefficient (Wildman–Crippen LogP) is 5.14. The molecule has 0 spiro atoms. The lowest BCUT2D eigenvalue weighted by molar-refractivity contribution is 0.0185. The number of aromatic nitrogens is 4. The van der Waals surface area contributed by atoms with Crippen molar-refractivity contribution >= 4 is 27.0 Å². The highest BCUT2D eigenvalue weighted by atomic mass is 32.2. The quantitative estimate of drug-likeness (QED) is 0.358. The van der Waals surface area contributed by atoms with E-state index < -0.39 is 15.4 Å². The van der Waals surface area contributed by atoms with Gasteiger partial charge in [0.25, 0.3) is 0 Å². The number of amides is 1. The van der Waals surface area contributed by atoms with E-state index in [4.69, 9.17) is 9.72 Å². The number of nitrogens with zero attached hydrogens (tertiary/aromatic N) is 5. The maximum atomic E-state index is 12.4. The molecule has 38 heavy (non-hydrogen) atoms. The van der Waals surface area contributed by atoms with Gasteiger partial charge in [-0.05, 0) is 57.4 Å². The molecule has 0 aliphatic carbocycles. The van der Waals surface area contributed by atoms with Crippen LogP contribution < -0.4 is 0 Å². The molecule has 5 rings (SSSR count). The summed E-state index contributed by atoms with van der Waals surface area (Å²) < 4.78 is 31.2. The Labute approximate surface area is 222 Å². The van der Waals surface area contributed by atoms with Crippen LogP contribution in [-0.4, -0.2) is 64.1 Å². The molecule has 0 radical (unpaired) electrons. The molecule has 9 nitrogen and oxygen atoms in total. The molecule has 2 aromatic carbocycles. The lowest BCUT2D eigenvalue weighted by atomic mass is 10.0. The zero-order valence-corrected chi connectivity index (χ0v) is 22.8. The standard InChI is InChI=1S/C28H31N5O4S/c1-28(2,3)37-27(34)32-14-12-21(13-15-32)33-18-20(16-30-33)25-17-29-24-7-5-6-23(26(24)31-25)19-8-10-22(11-9-19)38(4,35)36/h5-11,16-18,21H,12-15H2,1-4H3. The molecule has 1 saturated heterocycles. The topological polar surface area (TPSA) is 107 Å². The SMILES string of the molecule is CC(C)(C)OC(=O)N1CCC(n2cc(-c3cnc4cccc(-c5ccc(S(C)(=O)=O)cc5)c4n3)cn2)CC1. The van der Waals surface area contributed by atoms with Gasteiger partial charge in [0.15, 0.2) is 9.84 Å². The van der Waals surface area contributed by atoms with Crippen LogP contribution >= 0.6 is 0 Å². The maximum absolute atomic E-state index is 12.4. The van der Waals surface area contributed by atoms with Crippen LogP contribution in [0, 0.1) is 0 Å². The summed E-state index contributed by atoms with van der Waals surface area (Å²) in [6, 6.07) is 12.8. The fourth-order valence-electron chi connectivity index (χ4n) is 4.60. The normalized spacial score (nSPS) is 15.1. The fraction of sp³-hybridized carbons (Fsp3) is 0.357. The van der Waals surface area contributed by atoms with Crippen LogP contribution in [0.2, 0.25) is 0 Å². The molecule has 1 amide bonds. The molecule has 1 aliphatic heterocycles. The van der Waals surface area contributed by atoms with Crippen molar-refractivity contribution in [3.05, 3.63) is 61.1 Å². The van der Waals surface area contributed by atoms with Crippen LogP contribution in [0.15, 0.2) is 66.0 Å². The van der Waals surface area contributed by atoms with Gasteiger partial charge in [-0.15, -0.1) is 0 Å². The Morgan fingerprint density at radius 2 is 1.71 bits per heavy atom. The molecule has 4 aromatic rings. The predicted molar refractivity (Wildman–Crippen MR) is 145 cm³/mol. The van der Waals surface area contributed by atoms with Gasteiger partial charge in [0.2, 0.25) is 0 Å². The minimum absolute atomic E-state index is 0.180. The van der Waals surface area contributed by atoms with Crippen LogP contribution in [-0.2, 0) is 14.6 Å². The first-order valence-electron chi connectivity index (χ1n) is 12.6. The average Bonchev–Trinajstić information content (AvgIpc) is 3.37. The van der Waals surface area contributed by atoms with Crippen molar-refractivity contribution in [3.63, 3.8) is 0 Å². The lowest BCUT2D eigenvalue weighted by Gasteiger charge is -2.33. The Hall–Kier alpha value is -3.79. The van der Waals surface area contributed by atoms with E-state index in [9.17, 15) is 13.2 Å². The van der Waals surface area contributed by atoms with Crippen molar-refractivity contribution in [2.24, 2.45) is 0 Å². The first kappa shape index (κ1) is 25.8. The van der Waals surface area contributed by atoms with E-state index in [1.807, 2.05) is 49.8 Å². The smallest absolute Gasteiger partial charge is 0.410 e. The highest BCUT2D eigenvalue weighted by molar-refractivity contribution is 7.90. The van der Waals surface area contributed by atoms with Crippen molar-refractivity contribution in [2.45, 2.75) is 50.2 Å². The summed E-state index contributed by atoms with van der Waals surface area (Å²) in [6.07, 6.45) is 8.01. The Kier molecular flexibility index (Phi) is 6.68. The number of hydrogen-bond donors (Lipinski definition) is 0. The summed E-state index contributed by atoms with van der Waals surface area (Å²) in [7, 11) is -3.27.